The third-order valence-electron chi connectivity index (χ3n) is 3.88. The summed E-state index contributed by atoms with van der Waals surface area (Å²) >= 11 is 0. The van der Waals surface area contributed by atoms with E-state index in [0.29, 0.717) is 5.96 Å². The molecule has 5 heteroatoms. The molecule has 0 aromatic heterocycles. The van der Waals surface area contributed by atoms with Gasteiger partial charge in [0.1, 0.15) is 0 Å². The summed E-state index contributed by atoms with van der Waals surface area (Å²) in [6.45, 7) is 8.20. The first-order chi connectivity index (χ1) is 10.8. The first-order valence-corrected chi connectivity index (χ1v) is 8.20. The Morgan fingerprint density at radius 1 is 1.36 bits per heavy atom. The highest BCUT2D eigenvalue weighted by molar-refractivity contribution is 5.77. The number of rotatable bonds is 8. The maximum Gasteiger partial charge on any atom is 0.188 e. The van der Waals surface area contributed by atoms with Crippen LogP contribution >= 0.6 is 0 Å². The van der Waals surface area contributed by atoms with E-state index in [9.17, 15) is 0 Å². The normalized spacial score (nSPS) is 15.6. The highest BCUT2D eigenvalue weighted by Gasteiger charge is 2.14. The Balaban J connectivity index is 1.62. The predicted molar refractivity (Wildman–Crippen MR) is 91.0 cm³/mol. The molecule has 5 nitrogen and oxygen atoms in total. The molecule has 1 aliphatic rings. The van der Waals surface area contributed by atoms with Crippen LogP contribution in [0.3, 0.4) is 0 Å². The average molecular weight is 304 g/mol. The van der Waals surface area contributed by atoms with Crippen LogP contribution in [-0.4, -0.2) is 50.3 Å². The molecule has 0 saturated carbocycles. The molecule has 1 aliphatic heterocycles. The number of hydrogen-bond acceptors (Lipinski definition) is 3. The summed E-state index contributed by atoms with van der Waals surface area (Å²) in [7, 11) is 0. The Labute approximate surface area is 133 Å². The van der Waals surface area contributed by atoms with Gasteiger partial charge in [-0.05, 0) is 30.9 Å². The summed E-state index contributed by atoms with van der Waals surface area (Å²) in [4.78, 5) is 6.76. The quantitative estimate of drug-likeness (QED) is 0.433. The molecule has 1 aromatic rings. The first kappa shape index (κ1) is 16.8. The summed E-state index contributed by atoms with van der Waals surface area (Å²) in [5.41, 5.74) is 8.80. The third-order valence-corrected chi connectivity index (χ3v) is 3.88. The largest absolute Gasteiger partial charge is 0.382 e. The van der Waals surface area contributed by atoms with Gasteiger partial charge in [-0.3, -0.25) is 9.89 Å². The summed E-state index contributed by atoms with van der Waals surface area (Å²) in [6, 6.07) is 8.70. The van der Waals surface area contributed by atoms with Crippen LogP contribution in [0.15, 0.2) is 29.3 Å². The minimum absolute atomic E-state index is 0.536. The van der Waals surface area contributed by atoms with Crippen LogP contribution in [0.4, 0.5) is 0 Å². The van der Waals surface area contributed by atoms with E-state index in [1.54, 1.807) is 0 Å². The Bertz CT molecular complexity index is 475. The van der Waals surface area contributed by atoms with Gasteiger partial charge in [0.15, 0.2) is 5.96 Å². The van der Waals surface area contributed by atoms with Gasteiger partial charge < -0.3 is 15.8 Å². The predicted octanol–water partition coefficient (Wildman–Crippen LogP) is 1.38. The number of benzene rings is 1. The smallest absolute Gasteiger partial charge is 0.188 e. The first-order valence-electron chi connectivity index (χ1n) is 8.20. The molecule has 22 heavy (non-hydrogen) atoms. The standard InChI is InChI=1S/C17H28N4O/c1-2-22-13-5-9-19-17(18)20-10-12-21-11-8-15-6-3-4-7-16(15)14-21/h3-4,6-7H,2,5,8-14H2,1H3,(H3,18,19,20). The zero-order chi connectivity index (χ0) is 15.6. The highest BCUT2D eigenvalue weighted by atomic mass is 16.5. The molecule has 0 amide bonds. The van der Waals surface area contributed by atoms with Gasteiger partial charge in [-0.25, -0.2) is 0 Å². The summed E-state index contributed by atoms with van der Waals surface area (Å²) in [5.74, 6) is 0.536. The number of fused-ring (bicyclic) bond motifs is 1. The van der Waals surface area contributed by atoms with Crippen molar-refractivity contribution < 1.29 is 4.74 Å². The van der Waals surface area contributed by atoms with Crippen LogP contribution in [0.25, 0.3) is 0 Å². The number of guanidine groups is 1. The number of nitrogens with zero attached hydrogens (tertiary/aromatic N) is 2. The summed E-state index contributed by atoms with van der Waals surface area (Å²) < 4.78 is 5.27. The molecular formula is C17H28N4O. The van der Waals surface area contributed by atoms with Gasteiger partial charge in [0.2, 0.25) is 0 Å². The molecule has 0 radical (unpaired) electrons. The molecule has 0 aliphatic carbocycles. The zero-order valence-electron chi connectivity index (χ0n) is 13.6. The third kappa shape index (κ3) is 5.66. The van der Waals surface area contributed by atoms with Crippen molar-refractivity contribution in [3.8, 4) is 0 Å². The van der Waals surface area contributed by atoms with E-state index in [4.69, 9.17) is 10.5 Å². The number of nitrogens with one attached hydrogen (secondary N) is 1. The summed E-state index contributed by atoms with van der Waals surface area (Å²) in [5, 5.41) is 3.19. The number of nitrogens with two attached hydrogens (primary N) is 1. The van der Waals surface area contributed by atoms with Crippen molar-refractivity contribution in [2.24, 2.45) is 10.7 Å². The molecular weight excluding hydrogens is 276 g/mol. The van der Waals surface area contributed by atoms with Crippen LogP contribution in [0, 0.1) is 0 Å². The van der Waals surface area contributed by atoms with E-state index in [0.717, 1.165) is 58.8 Å². The minimum Gasteiger partial charge on any atom is -0.382 e. The van der Waals surface area contributed by atoms with Crippen molar-refractivity contribution >= 4 is 5.96 Å². The van der Waals surface area contributed by atoms with E-state index in [-0.39, 0.29) is 0 Å². The Morgan fingerprint density at radius 2 is 2.18 bits per heavy atom. The molecule has 3 N–H and O–H groups in total. The lowest BCUT2D eigenvalue weighted by molar-refractivity contribution is 0.146. The molecule has 1 heterocycles. The van der Waals surface area contributed by atoms with Crippen molar-refractivity contribution in [1.29, 1.82) is 0 Å². The molecule has 122 valence electrons. The highest BCUT2D eigenvalue weighted by Crippen LogP contribution is 2.17. The maximum atomic E-state index is 5.86. The van der Waals surface area contributed by atoms with Crippen LogP contribution in [0.1, 0.15) is 24.5 Å². The second kappa shape index (κ2) is 9.43. The minimum atomic E-state index is 0.536. The second-order valence-electron chi connectivity index (χ2n) is 5.54. The van der Waals surface area contributed by atoms with Gasteiger partial charge in [-0.15, -0.1) is 0 Å². The van der Waals surface area contributed by atoms with Gasteiger partial charge in [-0.2, -0.15) is 0 Å². The fraction of sp³-hybridized carbons (Fsp3) is 0.588. The molecule has 1 aromatic carbocycles. The molecule has 0 atom stereocenters. The molecule has 0 unspecified atom stereocenters. The molecule has 0 bridgehead atoms. The fourth-order valence-corrected chi connectivity index (χ4v) is 2.65. The van der Waals surface area contributed by atoms with Crippen LogP contribution in [0.5, 0.6) is 0 Å². The zero-order valence-corrected chi connectivity index (χ0v) is 13.6. The van der Waals surface area contributed by atoms with E-state index in [1.165, 1.54) is 11.1 Å². The van der Waals surface area contributed by atoms with Crippen molar-refractivity contribution in [1.82, 2.24) is 10.2 Å². The van der Waals surface area contributed by atoms with E-state index < -0.39 is 0 Å². The van der Waals surface area contributed by atoms with Gasteiger partial charge in [0.05, 0.1) is 0 Å². The number of aliphatic imine (C=N–C) groups is 1. The Kier molecular flexibility index (Phi) is 7.19. The Morgan fingerprint density at radius 3 is 3.00 bits per heavy atom. The number of hydrogen-bond donors (Lipinski definition) is 2. The topological polar surface area (TPSA) is 62.9 Å². The molecule has 0 fully saturated rings. The van der Waals surface area contributed by atoms with Crippen LogP contribution in [0.2, 0.25) is 0 Å². The fourth-order valence-electron chi connectivity index (χ4n) is 2.65. The summed E-state index contributed by atoms with van der Waals surface area (Å²) in [6.07, 6.45) is 2.05. The van der Waals surface area contributed by atoms with Crippen molar-refractivity contribution in [2.45, 2.75) is 26.3 Å². The van der Waals surface area contributed by atoms with Crippen LogP contribution < -0.4 is 11.1 Å². The molecule has 2 rings (SSSR count). The van der Waals surface area contributed by atoms with Gasteiger partial charge in [0.25, 0.3) is 0 Å². The average Bonchev–Trinajstić information content (AvgIpc) is 2.54. The van der Waals surface area contributed by atoms with Gasteiger partial charge in [0, 0.05) is 45.9 Å². The lowest BCUT2D eigenvalue weighted by Gasteiger charge is -2.28. The Hall–Kier alpha value is -1.59. The maximum absolute atomic E-state index is 5.86. The van der Waals surface area contributed by atoms with E-state index in [2.05, 4.69) is 39.5 Å². The van der Waals surface area contributed by atoms with Gasteiger partial charge in [-0.1, -0.05) is 24.3 Å². The number of ether oxygens (including phenoxy) is 1. The molecule has 0 saturated heterocycles. The van der Waals surface area contributed by atoms with E-state index >= 15 is 0 Å². The monoisotopic (exact) mass is 304 g/mol. The molecule has 0 spiro atoms. The van der Waals surface area contributed by atoms with Gasteiger partial charge >= 0.3 is 0 Å². The van der Waals surface area contributed by atoms with Crippen molar-refractivity contribution in [2.75, 3.05) is 39.4 Å². The lowest BCUT2D eigenvalue weighted by atomic mass is 10.00. The SMILES string of the molecule is CCOCCCN=C(N)NCCN1CCc2ccccc2C1. The van der Waals surface area contributed by atoms with Crippen molar-refractivity contribution in [3.63, 3.8) is 0 Å². The van der Waals surface area contributed by atoms with E-state index in [1.807, 2.05) is 6.92 Å². The lowest BCUT2D eigenvalue weighted by Crippen LogP contribution is -2.40. The van der Waals surface area contributed by atoms with Crippen molar-refractivity contribution in [3.05, 3.63) is 35.4 Å². The van der Waals surface area contributed by atoms with Crippen LogP contribution in [-0.2, 0) is 17.7 Å². The second-order valence-corrected chi connectivity index (χ2v) is 5.54.